The van der Waals surface area contributed by atoms with Gasteiger partial charge in [0.2, 0.25) is 5.91 Å². The van der Waals surface area contributed by atoms with Crippen molar-refractivity contribution in [2.75, 3.05) is 7.11 Å². The first-order valence-corrected chi connectivity index (χ1v) is 5.67. The molecule has 2 rings (SSSR count). The average molecular weight is 236 g/mol. The Morgan fingerprint density at radius 3 is 2.76 bits per heavy atom. The van der Waals surface area contributed by atoms with Crippen molar-refractivity contribution in [1.82, 2.24) is 10.3 Å². The molecule has 1 saturated carbocycles. The van der Waals surface area contributed by atoms with Gasteiger partial charge in [0, 0.05) is 18.9 Å². The minimum Gasteiger partial charge on any atom is -0.468 e. The van der Waals surface area contributed by atoms with Crippen LogP contribution in [0.2, 0.25) is 0 Å². The van der Waals surface area contributed by atoms with Gasteiger partial charge in [-0.05, 0) is 24.5 Å². The molecule has 0 spiro atoms. The molecule has 92 valence electrons. The fourth-order valence-electron chi connectivity index (χ4n) is 2.07. The molecule has 0 saturated heterocycles. The molecule has 0 aromatic carbocycles. The summed E-state index contributed by atoms with van der Waals surface area (Å²) < 4.78 is 4.71. The zero-order chi connectivity index (χ0) is 12.3. The van der Waals surface area contributed by atoms with Gasteiger partial charge in [0.1, 0.15) is 5.41 Å². The van der Waals surface area contributed by atoms with Crippen LogP contribution in [0.3, 0.4) is 0 Å². The number of ether oxygens (including phenoxy) is 1. The molecule has 1 heterocycles. The molecule has 1 aromatic rings. The van der Waals surface area contributed by atoms with Crippen LogP contribution in [-0.2, 0) is 20.9 Å². The van der Waals surface area contributed by atoms with Gasteiger partial charge < -0.3 is 15.0 Å². The Labute approximate surface area is 99.5 Å². The second kappa shape index (κ2) is 4.61. The number of H-pyrrole nitrogens is 1. The molecule has 1 aliphatic carbocycles. The van der Waals surface area contributed by atoms with E-state index in [0.29, 0.717) is 19.4 Å². The van der Waals surface area contributed by atoms with Crippen molar-refractivity contribution in [3.8, 4) is 0 Å². The van der Waals surface area contributed by atoms with Crippen LogP contribution in [0.4, 0.5) is 0 Å². The van der Waals surface area contributed by atoms with Gasteiger partial charge in [-0.2, -0.15) is 0 Å². The van der Waals surface area contributed by atoms with E-state index < -0.39 is 11.4 Å². The molecular weight excluding hydrogens is 220 g/mol. The molecule has 1 amide bonds. The summed E-state index contributed by atoms with van der Waals surface area (Å²) in [5.41, 5.74) is 0.0445. The van der Waals surface area contributed by atoms with E-state index in [4.69, 9.17) is 4.74 Å². The first-order chi connectivity index (χ1) is 8.19. The fraction of sp³-hybridized carbons (Fsp3) is 0.500. The second-order valence-electron chi connectivity index (χ2n) is 4.33. The molecule has 1 fully saturated rings. The predicted octanol–water partition coefficient (Wildman–Crippen LogP) is 0.974. The Hall–Kier alpha value is -1.78. The molecule has 5 nitrogen and oxygen atoms in total. The molecule has 1 aliphatic rings. The van der Waals surface area contributed by atoms with Gasteiger partial charge in [-0.25, -0.2) is 0 Å². The third-order valence-electron chi connectivity index (χ3n) is 3.33. The maximum atomic E-state index is 12.0. The molecule has 0 atom stereocenters. The van der Waals surface area contributed by atoms with E-state index >= 15 is 0 Å². The van der Waals surface area contributed by atoms with Gasteiger partial charge in [-0.1, -0.05) is 6.42 Å². The van der Waals surface area contributed by atoms with Gasteiger partial charge in [0.25, 0.3) is 0 Å². The smallest absolute Gasteiger partial charge is 0.321 e. The van der Waals surface area contributed by atoms with Crippen LogP contribution in [-0.4, -0.2) is 24.0 Å². The molecule has 1 aromatic heterocycles. The highest BCUT2D eigenvalue weighted by molar-refractivity contribution is 6.03. The summed E-state index contributed by atoms with van der Waals surface area (Å²) in [5.74, 6) is -0.646. The Bertz CT molecular complexity index is 407. The Morgan fingerprint density at radius 1 is 1.53 bits per heavy atom. The SMILES string of the molecule is COC(=O)C1(C(=O)NCc2cc[nH]c2)CCC1. The number of nitrogens with one attached hydrogen (secondary N) is 2. The van der Waals surface area contributed by atoms with Crippen molar-refractivity contribution >= 4 is 11.9 Å². The first-order valence-electron chi connectivity index (χ1n) is 5.67. The molecule has 17 heavy (non-hydrogen) atoms. The number of aromatic amines is 1. The van der Waals surface area contributed by atoms with Gasteiger partial charge in [0.15, 0.2) is 0 Å². The summed E-state index contributed by atoms with van der Waals surface area (Å²) in [4.78, 5) is 26.6. The van der Waals surface area contributed by atoms with Crippen molar-refractivity contribution in [2.24, 2.45) is 5.41 Å². The molecule has 0 aliphatic heterocycles. The van der Waals surface area contributed by atoms with E-state index in [1.54, 1.807) is 6.20 Å². The van der Waals surface area contributed by atoms with Crippen LogP contribution in [0.15, 0.2) is 18.5 Å². The summed E-state index contributed by atoms with van der Waals surface area (Å²) in [5, 5.41) is 2.78. The highest BCUT2D eigenvalue weighted by Gasteiger charge is 2.51. The van der Waals surface area contributed by atoms with Crippen LogP contribution in [0.5, 0.6) is 0 Å². The van der Waals surface area contributed by atoms with Gasteiger partial charge in [-0.15, -0.1) is 0 Å². The van der Waals surface area contributed by atoms with Crippen molar-refractivity contribution in [3.05, 3.63) is 24.0 Å². The number of amides is 1. The van der Waals surface area contributed by atoms with E-state index in [2.05, 4.69) is 10.3 Å². The number of hydrogen-bond donors (Lipinski definition) is 2. The number of aromatic nitrogens is 1. The van der Waals surface area contributed by atoms with Crippen molar-refractivity contribution in [2.45, 2.75) is 25.8 Å². The van der Waals surface area contributed by atoms with E-state index in [1.165, 1.54) is 7.11 Å². The number of esters is 1. The highest BCUT2D eigenvalue weighted by atomic mass is 16.5. The lowest BCUT2D eigenvalue weighted by molar-refractivity contribution is -0.165. The summed E-state index contributed by atoms with van der Waals surface area (Å²) >= 11 is 0. The number of carbonyl (C=O) groups is 2. The standard InChI is InChI=1S/C12H16N2O3/c1-17-11(16)12(4-2-5-12)10(15)14-8-9-3-6-13-7-9/h3,6-7,13H,2,4-5,8H2,1H3,(H,14,15). The largest absolute Gasteiger partial charge is 0.468 e. The summed E-state index contributed by atoms with van der Waals surface area (Å²) in [6.07, 6.45) is 5.66. The van der Waals surface area contributed by atoms with E-state index in [9.17, 15) is 9.59 Å². The van der Waals surface area contributed by atoms with Gasteiger partial charge in [0.05, 0.1) is 7.11 Å². The van der Waals surface area contributed by atoms with Crippen LogP contribution in [0.25, 0.3) is 0 Å². The maximum Gasteiger partial charge on any atom is 0.321 e. The van der Waals surface area contributed by atoms with Crippen LogP contribution in [0, 0.1) is 5.41 Å². The Balaban J connectivity index is 1.96. The lowest BCUT2D eigenvalue weighted by Crippen LogP contribution is -2.51. The number of hydrogen-bond acceptors (Lipinski definition) is 3. The Morgan fingerprint density at radius 2 is 2.29 bits per heavy atom. The normalized spacial score (nSPS) is 17.0. The highest BCUT2D eigenvalue weighted by Crippen LogP contribution is 2.42. The molecule has 0 bridgehead atoms. The number of carbonyl (C=O) groups excluding carboxylic acids is 2. The minimum atomic E-state index is -0.939. The monoisotopic (exact) mass is 236 g/mol. The van der Waals surface area contributed by atoms with Crippen LogP contribution >= 0.6 is 0 Å². The summed E-state index contributed by atoms with van der Waals surface area (Å²) in [6, 6.07) is 1.88. The molecular formula is C12H16N2O3. The molecule has 5 heteroatoms. The molecule has 2 N–H and O–H groups in total. The summed E-state index contributed by atoms with van der Waals surface area (Å²) in [7, 11) is 1.32. The van der Waals surface area contributed by atoms with Crippen molar-refractivity contribution in [3.63, 3.8) is 0 Å². The zero-order valence-electron chi connectivity index (χ0n) is 9.79. The topological polar surface area (TPSA) is 71.2 Å². The third kappa shape index (κ3) is 2.05. The number of methoxy groups -OCH3 is 1. The van der Waals surface area contributed by atoms with E-state index in [1.807, 2.05) is 12.3 Å². The summed E-state index contributed by atoms with van der Waals surface area (Å²) in [6.45, 7) is 0.432. The van der Waals surface area contributed by atoms with Gasteiger partial charge >= 0.3 is 5.97 Å². The van der Waals surface area contributed by atoms with E-state index in [-0.39, 0.29) is 5.91 Å². The lowest BCUT2D eigenvalue weighted by atomic mass is 9.68. The zero-order valence-corrected chi connectivity index (χ0v) is 9.79. The Kier molecular flexibility index (Phi) is 3.17. The molecule has 0 radical (unpaired) electrons. The van der Waals surface area contributed by atoms with Crippen LogP contribution < -0.4 is 5.32 Å². The van der Waals surface area contributed by atoms with Crippen LogP contribution in [0.1, 0.15) is 24.8 Å². The minimum absolute atomic E-state index is 0.225. The third-order valence-corrected chi connectivity index (χ3v) is 3.33. The predicted molar refractivity (Wildman–Crippen MR) is 60.9 cm³/mol. The average Bonchev–Trinajstić information content (AvgIpc) is 2.77. The maximum absolute atomic E-state index is 12.0. The van der Waals surface area contributed by atoms with Crippen molar-refractivity contribution in [1.29, 1.82) is 0 Å². The van der Waals surface area contributed by atoms with Gasteiger partial charge in [-0.3, -0.25) is 9.59 Å². The van der Waals surface area contributed by atoms with E-state index in [0.717, 1.165) is 12.0 Å². The first kappa shape index (κ1) is 11.7. The number of rotatable bonds is 4. The van der Waals surface area contributed by atoms with Crippen molar-refractivity contribution < 1.29 is 14.3 Å². The quantitative estimate of drug-likeness (QED) is 0.604. The fourth-order valence-corrected chi connectivity index (χ4v) is 2.07. The lowest BCUT2D eigenvalue weighted by Gasteiger charge is -2.36. The molecule has 0 unspecified atom stereocenters. The second-order valence-corrected chi connectivity index (χ2v) is 4.33.